The Hall–Kier alpha value is -2.86. The molecule has 2 atom stereocenters. The number of fused-ring (bicyclic) bond motifs is 1. The van der Waals surface area contributed by atoms with Gasteiger partial charge in [0.2, 0.25) is 0 Å². The maximum atomic E-state index is 13.5. The van der Waals surface area contributed by atoms with Gasteiger partial charge in [-0.15, -0.1) is 0 Å². The molecule has 1 fully saturated rings. The predicted molar refractivity (Wildman–Crippen MR) is 139 cm³/mol. The molecule has 0 radical (unpaired) electrons. The number of alkyl halides is 6. The summed E-state index contributed by atoms with van der Waals surface area (Å²) in [5.41, 5.74) is -2.85. The molecule has 0 aromatic heterocycles. The van der Waals surface area contributed by atoms with Gasteiger partial charge >= 0.3 is 24.5 Å². The van der Waals surface area contributed by atoms with E-state index < -0.39 is 66.0 Å². The van der Waals surface area contributed by atoms with E-state index in [2.05, 4.69) is 0 Å². The van der Waals surface area contributed by atoms with Crippen LogP contribution in [0.25, 0.3) is 0 Å². The van der Waals surface area contributed by atoms with Crippen LogP contribution in [0.2, 0.25) is 10.0 Å². The fourth-order valence-electron chi connectivity index (χ4n) is 5.07. The van der Waals surface area contributed by atoms with Crippen LogP contribution in [0, 0.1) is 5.92 Å². The molecule has 1 saturated carbocycles. The third-order valence-electron chi connectivity index (χ3n) is 6.97. The maximum absolute atomic E-state index is 13.5. The number of benzene rings is 2. The van der Waals surface area contributed by atoms with Crippen molar-refractivity contribution in [3.8, 4) is 0 Å². The van der Waals surface area contributed by atoms with Crippen LogP contribution in [0.5, 0.6) is 0 Å². The Bertz CT molecular complexity index is 1300. The third-order valence-corrected chi connectivity index (χ3v) is 7.69. The summed E-state index contributed by atoms with van der Waals surface area (Å²) >= 11 is 12.6. The number of amides is 2. The average molecular weight is 627 g/mol. The van der Waals surface area contributed by atoms with Crippen LogP contribution in [-0.4, -0.2) is 36.3 Å². The average Bonchev–Trinajstić information content (AvgIpc) is 3.71. The molecule has 1 heterocycles. The van der Waals surface area contributed by atoms with Gasteiger partial charge in [0.05, 0.1) is 46.1 Å². The lowest BCUT2D eigenvalue weighted by Gasteiger charge is -2.44. The van der Waals surface area contributed by atoms with Crippen LogP contribution >= 0.6 is 23.2 Å². The van der Waals surface area contributed by atoms with Crippen LogP contribution < -0.4 is 4.90 Å². The fraction of sp³-hybridized carbons (Fsp3) is 0.481. The first-order valence-electron chi connectivity index (χ1n) is 12.6. The van der Waals surface area contributed by atoms with Crippen LogP contribution in [-0.2, 0) is 28.4 Å². The molecule has 1 aliphatic heterocycles. The van der Waals surface area contributed by atoms with Gasteiger partial charge in [-0.2, -0.15) is 26.3 Å². The van der Waals surface area contributed by atoms with E-state index in [1.165, 1.54) is 17.0 Å². The van der Waals surface area contributed by atoms with Gasteiger partial charge in [0.15, 0.2) is 0 Å². The number of rotatable bonds is 5. The first-order chi connectivity index (χ1) is 19.0. The molecule has 4 rings (SSSR count). The highest BCUT2D eigenvalue weighted by Gasteiger charge is 2.47. The molecule has 2 aromatic carbocycles. The highest BCUT2D eigenvalue weighted by molar-refractivity contribution is 6.42. The number of methoxy groups -OCH3 is 1. The quantitative estimate of drug-likeness (QED) is 0.311. The molecular weight excluding hydrogens is 601 g/mol. The molecular formula is C27H26Cl2F6N2O4. The summed E-state index contributed by atoms with van der Waals surface area (Å²) in [6.07, 6.45) is -10.6. The second-order valence-electron chi connectivity index (χ2n) is 10.3. The lowest BCUT2D eigenvalue weighted by atomic mass is 9.87. The van der Waals surface area contributed by atoms with E-state index >= 15 is 0 Å². The van der Waals surface area contributed by atoms with Crippen molar-refractivity contribution in [2.24, 2.45) is 5.92 Å². The molecule has 224 valence electrons. The molecule has 0 unspecified atom stereocenters. The van der Waals surface area contributed by atoms with E-state index in [9.17, 15) is 35.9 Å². The number of carbonyl (C=O) groups excluding carboxylic acids is 2. The SMILES string of the molecule is COC(=O)N(Cc1cc(C(F)(F)F)cc(C(F)(F)F)c1)[C@@H]1C[C@H](C2CC2)N(C(=O)OC(C)C)c2cc(Cl)c(Cl)cc21. The normalized spacial score (nSPS) is 19.2. The van der Waals surface area contributed by atoms with Crippen molar-refractivity contribution in [3.05, 3.63) is 62.6 Å². The number of carbonyl (C=O) groups is 2. The Morgan fingerprint density at radius 1 is 0.976 bits per heavy atom. The van der Waals surface area contributed by atoms with Crippen LogP contribution in [0.15, 0.2) is 30.3 Å². The van der Waals surface area contributed by atoms with E-state index in [1.807, 2.05) is 0 Å². The molecule has 0 saturated heterocycles. The van der Waals surface area contributed by atoms with E-state index in [-0.39, 0.29) is 34.1 Å². The van der Waals surface area contributed by atoms with Crippen molar-refractivity contribution in [2.75, 3.05) is 12.0 Å². The second-order valence-corrected chi connectivity index (χ2v) is 11.1. The lowest BCUT2D eigenvalue weighted by Crippen LogP contribution is -2.50. The summed E-state index contributed by atoms with van der Waals surface area (Å²) in [5, 5.41) is 0.168. The van der Waals surface area contributed by atoms with Crippen LogP contribution in [0.3, 0.4) is 0 Å². The van der Waals surface area contributed by atoms with Crippen LogP contribution in [0.1, 0.15) is 61.4 Å². The van der Waals surface area contributed by atoms with Gasteiger partial charge in [-0.3, -0.25) is 9.80 Å². The topological polar surface area (TPSA) is 59.1 Å². The number of nitrogens with zero attached hydrogens (tertiary/aromatic N) is 2. The van der Waals surface area contributed by atoms with Gasteiger partial charge in [0.25, 0.3) is 0 Å². The Balaban J connectivity index is 1.85. The first-order valence-corrected chi connectivity index (χ1v) is 13.4. The predicted octanol–water partition coefficient (Wildman–Crippen LogP) is 8.87. The Labute approximate surface area is 242 Å². The summed E-state index contributed by atoms with van der Waals surface area (Å²) in [6, 6.07) is 2.56. The zero-order valence-corrected chi connectivity index (χ0v) is 23.6. The number of anilines is 1. The second kappa shape index (κ2) is 11.4. The van der Waals surface area contributed by atoms with Gasteiger partial charge < -0.3 is 9.47 Å². The summed E-state index contributed by atoms with van der Waals surface area (Å²) in [5.74, 6) is 0.0182. The number of hydrogen-bond donors (Lipinski definition) is 0. The largest absolute Gasteiger partial charge is 0.453 e. The smallest absolute Gasteiger partial charge is 0.416 e. The Morgan fingerprint density at radius 3 is 2.02 bits per heavy atom. The van der Waals surface area contributed by atoms with E-state index in [4.69, 9.17) is 32.7 Å². The number of hydrogen-bond acceptors (Lipinski definition) is 4. The standard InChI is InChI=1S/C27H26Cl2F6N2O4/c1-13(2)41-25(39)37-21(15-4-5-15)11-22(18-9-19(28)20(29)10-23(18)37)36(24(38)40-3)12-14-6-16(26(30,31)32)8-17(7-14)27(33,34)35/h6-10,13,15,21-22H,4-5,11-12H2,1-3H3/t21-,22-/m1/s1. The molecule has 2 aromatic rings. The molecule has 1 aliphatic carbocycles. The van der Waals surface area contributed by atoms with Crippen LogP contribution in [0.4, 0.5) is 41.6 Å². The first kappa shape index (κ1) is 31.1. The number of ether oxygens (including phenoxy) is 2. The van der Waals surface area contributed by atoms with Gasteiger partial charge in [-0.1, -0.05) is 23.2 Å². The van der Waals surface area contributed by atoms with E-state index in [0.29, 0.717) is 17.7 Å². The summed E-state index contributed by atoms with van der Waals surface area (Å²) in [4.78, 5) is 28.8. The minimum Gasteiger partial charge on any atom is -0.453 e. The van der Waals surface area contributed by atoms with Crippen molar-refractivity contribution < 1.29 is 45.4 Å². The summed E-state index contributed by atoms with van der Waals surface area (Å²) in [7, 11) is 1.05. The van der Waals surface area contributed by atoms with Gasteiger partial charge in [-0.25, -0.2) is 9.59 Å². The third kappa shape index (κ3) is 6.80. The fourth-order valence-corrected chi connectivity index (χ4v) is 5.40. The molecule has 41 heavy (non-hydrogen) atoms. The highest BCUT2D eigenvalue weighted by Crippen LogP contribution is 2.50. The Morgan fingerprint density at radius 2 is 1.54 bits per heavy atom. The highest BCUT2D eigenvalue weighted by atomic mass is 35.5. The maximum Gasteiger partial charge on any atom is 0.416 e. The zero-order valence-electron chi connectivity index (χ0n) is 22.1. The minimum atomic E-state index is -5.07. The van der Waals surface area contributed by atoms with E-state index in [1.54, 1.807) is 13.8 Å². The lowest BCUT2D eigenvalue weighted by molar-refractivity contribution is -0.143. The summed E-state index contributed by atoms with van der Waals surface area (Å²) < 4.78 is 91.6. The molecule has 2 aliphatic rings. The molecule has 0 spiro atoms. The Kier molecular flexibility index (Phi) is 8.67. The van der Waals surface area contributed by atoms with E-state index in [0.717, 1.165) is 24.9 Å². The minimum absolute atomic E-state index is 0.0182. The van der Waals surface area contributed by atoms with Gasteiger partial charge in [0, 0.05) is 18.2 Å². The van der Waals surface area contributed by atoms with Crippen molar-refractivity contribution in [1.29, 1.82) is 0 Å². The number of halogens is 8. The molecule has 0 N–H and O–H groups in total. The zero-order chi connectivity index (χ0) is 30.4. The van der Waals surface area contributed by atoms with Crippen molar-refractivity contribution >= 4 is 41.1 Å². The molecule has 0 bridgehead atoms. The molecule has 2 amide bonds. The monoisotopic (exact) mass is 626 g/mol. The van der Waals surface area contributed by atoms with Crippen molar-refractivity contribution in [2.45, 2.75) is 70.2 Å². The summed E-state index contributed by atoms with van der Waals surface area (Å²) in [6.45, 7) is 2.70. The van der Waals surface area contributed by atoms with Gasteiger partial charge in [-0.05, 0) is 74.9 Å². The molecule has 14 heteroatoms. The van der Waals surface area contributed by atoms with Crippen molar-refractivity contribution in [1.82, 2.24) is 4.90 Å². The van der Waals surface area contributed by atoms with Crippen molar-refractivity contribution in [3.63, 3.8) is 0 Å². The van der Waals surface area contributed by atoms with Gasteiger partial charge in [0.1, 0.15) is 0 Å². The molecule has 6 nitrogen and oxygen atoms in total.